The van der Waals surface area contributed by atoms with Gasteiger partial charge in [-0.2, -0.15) is 0 Å². The Morgan fingerprint density at radius 3 is 2.69 bits per heavy atom. The highest BCUT2D eigenvalue weighted by molar-refractivity contribution is 5.89. The lowest BCUT2D eigenvalue weighted by molar-refractivity contribution is -0.138. The molecule has 0 aliphatic carbocycles. The maximum absolute atomic E-state index is 11.0. The van der Waals surface area contributed by atoms with Gasteiger partial charge in [-0.05, 0) is 18.2 Å². The highest BCUT2D eigenvalue weighted by atomic mass is 16.5. The molecule has 0 aromatic heterocycles. The fraction of sp³-hybridized carbons (Fsp3) is 0.273. The molecule has 0 spiro atoms. The fourth-order valence-electron chi connectivity index (χ4n) is 1.23. The molecule has 1 rings (SSSR count). The SMILES string of the molecule is COC(=O)CN(C)c1cccc(C(=O)O)c1. The van der Waals surface area contributed by atoms with Crippen molar-refractivity contribution in [1.29, 1.82) is 0 Å². The molecule has 0 aliphatic rings. The zero-order valence-electron chi connectivity index (χ0n) is 9.14. The van der Waals surface area contributed by atoms with Gasteiger partial charge in [-0.3, -0.25) is 4.79 Å². The fourth-order valence-corrected chi connectivity index (χ4v) is 1.23. The second-order valence-electron chi connectivity index (χ2n) is 3.29. The van der Waals surface area contributed by atoms with Crippen LogP contribution >= 0.6 is 0 Å². The number of esters is 1. The minimum Gasteiger partial charge on any atom is -0.478 e. The average molecular weight is 223 g/mol. The van der Waals surface area contributed by atoms with Gasteiger partial charge in [0.1, 0.15) is 6.54 Å². The van der Waals surface area contributed by atoms with Crippen molar-refractivity contribution in [1.82, 2.24) is 0 Å². The summed E-state index contributed by atoms with van der Waals surface area (Å²) in [5.41, 5.74) is 0.847. The van der Waals surface area contributed by atoms with E-state index in [9.17, 15) is 9.59 Å². The van der Waals surface area contributed by atoms with Crippen molar-refractivity contribution >= 4 is 17.6 Å². The largest absolute Gasteiger partial charge is 0.478 e. The monoisotopic (exact) mass is 223 g/mol. The van der Waals surface area contributed by atoms with Crippen LogP contribution in [0.1, 0.15) is 10.4 Å². The Kier molecular flexibility index (Phi) is 3.88. The second kappa shape index (κ2) is 5.16. The zero-order chi connectivity index (χ0) is 12.1. The number of hydrogen-bond acceptors (Lipinski definition) is 4. The van der Waals surface area contributed by atoms with Crippen LogP contribution in [0.3, 0.4) is 0 Å². The molecule has 1 aromatic rings. The molecule has 1 N–H and O–H groups in total. The maximum Gasteiger partial charge on any atom is 0.335 e. The molecule has 5 heteroatoms. The van der Waals surface area contributed by atoms with Crippen molar-refractivity contribution in [3.05, 3.63) is 29.8 Å². The van der Waals surface area contributed by atoms with Crippen LogP contribution in [-0.4, -0.2) is 37.7 Å². The van der Waals surface area contributed by atoms with Gasteiger partial charge in [-0.25, -0.2) is 4.79 Å². The van der Waals surface area contributed by atoms with Crippen molar-refractivity contribution in [2.24, 2.45) is 0 Å². The van der Waals surface area contributed by atoms with Gasteiger partial charge in [0.25, 0.3) is 0 Å². The van der Waals surface area contributed by atoms with Crippen LogP contribution in [0.25, 0.3) is 0 Å². The molecule has 0 heterocycles. The number of aromatic carboxylic acids is 1. The second-order valence-corrected chi connectivity index (χ2v) is 3.29. The molecule has 1 aromatic carbocycles. The van der Waals surface area contributed by atoms with E-state index in [1.807, 2.05) is 0 Å². The van der Waals surface area contributed by atoms with Gasteiger partial charge in [-0.1, -0.05) is 6.07 Å². The van der Waals surface area contributed by atoms with E-state index in [0.717, 1.165) is 0 Å². The highest BCUT2D eigenvalue weighted by Gasteiger charge is 2.09. The van der Waals surface area contributed by atoms with E-state index in [1.54, 1.807) is 24.1 Å². The van der Waals surface area contributed by atoms with Crippen LogP contribution in [0.5, 0.6) is 0 Å². The predicted octanol–water partition coefficient (Wildman–Crippen LogP) is 0.994. The van der Waals surface area contributed by atoms with Crippen LogP contribution in [0.15, 0.2) is 24.3 Å². The third-order valence-corrected chi connectivity index (χ3v) is 2.13. The summed E-state index contributed by atoms with van der Waals surface area (Å²) in [5, 5.41) is 8.81. The van der Waals surface area contributed by atoms with E-state index in [4.69, 9.17) is 5.11 Å². The molecule has 0 amide bonds. The zero-order valence-corrected chi connectivity index (χ0v) is 9.14. The first-order valence-corrected chi connectivity index (χ1v) is 4.66. The topological polar surface area (TPSA) is 66.8 Å². The molecule has 0 unspecified atom stereocenters. The van der Waals surface area contributed by atoms with Crippen LogP contribution in [0.2, 0.25) is 0 Å². The number of carboxylic acids is 1. The minimum atomic E-state index is -0.992. The van der Waals surface area contributed by atoms with Crippen LogP contribution in [0, 0.1) is 0 Å². The van der Waals surface area contributed by atoms with E-state index in [0.29, 0.717) is 5.69 Å². The summed E-state index contributed by atoms with van der Waals surface area (Å²) in [5.74, 6) is -1.36. The third-order valence-electron chi connectivity index (χ3n) is 2.13. The summed E-state index contributed by atoms with van der Waals surface area (Å²) < 4.78 is 4.52. The number of carbonyl (C=O) groups is 2. The van der Waals surface area contributed by atoms with Gasteiger partial charge in [0.05, 0.1) is 12.7 Å². The number of ether oxygens (including phenoxy) is 1. The van der Waals surface area contributed by atoms with E-state index in [-0.39, 0.29) is 18.1 Å². The summed E-state index contributed by atoms with van der Waals surface area (Å²) in [6.45, 7) is 0.0829. The Morgan fingerprint density at radius 1 is 1.44 bits per heavy atom. The standard InChI is InChI=1S/C11H13NO4/c1-12(7-10(13)16-2)9-5-3-4-8(6-9)11(14)15/h3-6H,7H2,1-2H3,(H,14,15). The number of carboxylic acid groups (broad SMARTS) is 1. The van der Waals surface area contributed by atoms with E-state index >= 15 is 0 Å². The molecule has 0 aliphatic heterocycles. The Bertz CT molecular complexity index is 403. The number of rotatable bonds is 4. The van der Waals surface area contributed by atoms with Crippen molar-refractivity contribution in [3.8, 4) is 0 Å². The van der Waals surface area contributed by atoms with Crippen molar-refractivity contribution in [3.63, 3.8) is 0 Å². The third kappa shape index (κ3) is 2.98. The number of hydrogen-bond donors (Lipinski definition) is 1. The molecule has 16 heavy (non-hydrogen) atoms. The number of benzene rings is 1. The molecule has 0 bridgehead atoms. The molecule has 0 saturated carbocycles. The number of carbonyl (C=O) groups excluding carboxylic acids is 1. The van der Waals surface area contributed by atoms with Gasteiger partial charge in [-0.15, -0.1) is 0 Å². The highest BCUT2D eigenvalue weighted by Crippen LogP contribution is 2.14. The van der Waals surface area contributed by atoms with Crippen molar-refractivity contribution < 1.29 is 19.4 Å². The molecule has 0 saturated heterocycles. The summed E-state index contributed by atoms with van der Waals surface area (Å²) >= 11 is 0. The number of nitrogens with zero attached hydrogens (tertiary/aromatic N) is 1. The maximum atomic E-state index is 11.0. The summed E-state index contributed by atoms with van der Waals surface area (Å²) in [6.07, 6.45) is 0. The normalized spacial score (nSPS) is 9.62. The van der Waals surface area contributed by atoms with Crippen LogP contribution in [-0.2, 0) is 9.53 Å². The number of anilines is 1. The summed E-state index contributed by atoms with van der Waals surface area (Å²) in [7, 11) is 3.00. The molecule has 5 nitrogen and oxygen atoms in total. The van der Waals surface area contributed by atoms with E-state index < -0.39 is 5.97 Å². The van der Waals surface area contributed by atoms with E-state index in [2.05, 4.69) is 4.74 Å². The molecular weight excluding hydrogens is 210 g/mol. The lowest BCUT2D eigenvalue weighted by atomic mass is 10.2. The predicted molar refractivity (Wildman–Crippen MR) is 58.7 cm³/mol. The lowest BCUT2D eigenvalue weighted by Gasteiger charge is -2.17. The Hall–Kier alpha value is -2.04. The minimum absolute atomic E-state index is 0.0829. The van der Waals surface area contributed by atoms with Crippen molar-refractivity contribution in [2.75, 3.05) is 25.6 Å². The number of likely N-dealkylation sites (N-methyl/N-ethyl adjacent to an activating group) is 1. The summed E-state index contributed by atoms with van der Waals surface area (Å²) in [4.78, 5) is 23.4. The molecule has 0 radical (unpaired) electrons. The van der Waals surface area contributed by atoms with Gasteiger partial charge in [0.15, 0.2) is 0 Å². The number of methoxy groups -OCH3 is 1. The van der Waals surface area contributed by atoms with Gasteiger partial charge < -0.3 is 14.7 Å². The quantitative estimate of drug-likeness (QED) is 0.771. The van der Waals surface area contributed by atoms with Crippen molar-refractivity contribution in [2.45, 2.75) is 0 Å². The molecular formula is C11H13NO4. The van der Waals surface area contributed by atoms with Crippen LogP contribution < -0.4 is 4.90 Å². The molecule has 0 atom stereocenters. The Morgan fingerprint density at radius 2 is 2.12 bits per heavy atom. The Labute approximate surface area is 93.2 Å². The average Bonchev–Trinajstić information content (AvgIpc) is 2.28. The first kappa shape index (κ1) is 12.0. The van der Waals surface area contributed by atoms with Gasteiger partial charge in [0, 0.05) is 12.7 Å². The van der Waals surface area contributed by atoms with Gasteiger partial charge in [0.2, 0.25) is 0 Å². The first-order valence-electron chi connectivity index (χ1n) is 4.66. The summed E-state index contributed by atoms with van der Waals surface area (Å²) in [6, 6.07) is 6.37. The molecule has 86 valence electrons. The first-order chi connectivity index (χ1) is 7.54. The van der Waals surface area contributed by atoms with Gasteiger partial charge >= 0.3 is 11.9 Å². The van der Waals surface area contributed by atoms with Crippen LogP contribution in [0.4, 0.5) is 5.69 Å². The lowest BCUT2D eigenvalue weighted by Crippen LogP contribution is -2.26. The smallest absolute Gasteiger partial charge is 0.335 e. The molecule has 0 fully saturated rings. The van der Waals surface area contributed by atoms with E-state index in [1.165, 1.54) is 19.2 Å². The Balaban J connectivity index is 2.83.